The van der Waals surface area contributed by atoms with Crippen LogP contribution < -0.4 is 5.32 Å². The lowest BCUT2D eigenvalue weighted by Crippen LogP contribution is -2.44. The number of carbonyl (C=O) groups is 1. The number of rotatable bonds is 2. The van der Waals surface area contributed by atoms with Gasteiger partial charge in [-0.25, -0.2) is 0 Å². The summed E-state index contributed by atoms with van der Waals surface area (Å²) in [6.45, 7) is 5.66. The summed E-state index contributed by atoms with van der Waals surface area (Å²) in [4.78, 5) is 12.3. The molecule has 0 spiro atoms. The van der Waals surface area contributed by atoms with Crippen molar-refractivity contribution in [3.8, 4) is 0 Å². The molecule has 4 unspecified atom stereocenters. The Kier molecular flexibility index (Phi) is 4.01. The van der Waals surface area contributed by atoms with Gasteiger partial charge in [-0.05, 0) is 50.5 Å². The largest absolute Gasteiger partial charge is 0.307 e. The highest BCUT2D eigenvalue weighted by atomic mass is 16.1. The maximum atomic E-state index is 12.3. The number of piperidine rings is 1. The summed E-state index contributed by atoms with van der Waals surface area (Å²) < 4.78 is 0. The van der Waals surface area contributed by atoms with Gasteiger partial charge in [0.25, 0.3) is 0 Å². The Morgan fingerprint density at radius 3 is 2.50 bits per heavy atom. The number of Topliss-reactive ketones (excluding diaryl/α,β-unsaturated/α-hetero) is 1. The Morgan fingerprint density at radius 2 is 1.88 bits per heavy atom. The van der Waals surface area contributed by atoms with E-state index in [9.17, 15) is 4.79 Å². The number of carbonyl (C=O) groups excluding carboxylic acids is 1. The van der Waals surface area contributed by atoms with Crippen LogP contribution in [-0.2, 0) is 4.79 Å². The van der Waals surface area contributed by atoms with Crippen LogP contribution in [-0.4, -0.2) is 18.4 Å². The molecule has 2 nitrogen and oxygen atoms in total. The minimum absolute atomic E-state index is 0.180. The normalized spacial score (nSPS) is 40.6. The molecule has 1 saturated carbocycles. The van der Waals surface area contributed by atoms with Crippen LogP contribution in [0.25, 0.3) is 0 Å². The zero-order valence-corrected chi connectivity index (χ0v) is 10.7. The van der Waals surface area contributed by atoms with E-state index in [0.29, 0.717) is 11.7 Å². The average Bonchev–Trinajstić information content (AvgIpc) is 2.33. The van der Waals surface area contributed by atoms with Gasteiger partial charge in [0.1, 0.15) is 0 Å². The molecule has 1 heterocycles. The SMILES string of the molecule is CC1CCC(C(=O)C2CCCCN2)CC1C. The van der Waals surface area contributed by atoms with E-state index in [1.54, 1.807) is 0 Å². The maximum absolute atomic E-state index is 12.3. The Bertz CT molecular complexity index is 245. The first-order chi connectivity index (χ1) is 7.68. The number of ketones is 1. The van der Waals surface area contributed by atoms with Crippen molar-refractivity contribution in [2.75, 3.05) is 6.54 Å². The summed E-state index contributed by atoms with van der Waals surface area (Å²) >= 11 is 0. The summed E-state index contributed by atoms with van der Waals surface area (Å²) in [5, 5.41) is 3.39. The van der Waals surface area contributed by atoms with E-state index in [1.807, 2.05) is 0 Å². The van der Waals surface area contributed by atoms with Crippen molar-refractivity contribution < 1.29 is 4.79 Å². The fourth-order valence-electron chi connectivity index (χ4n) is 3.19. The van der Waals surface area contributed by atoms with Gasteiger partial charge in [-0.15, -0.1) is 0 Å². The molecule has 1 aliphatic heterocycles. The van der Waals surface area contributed by atoms with Gasteiger partial charge in [-0.3, -0.25) is 4.79 Å². The monoisotopic (exact) mass is 223 g/mol. The predicted octanol–water partition coefficient (Wildman–Crippen LogP) is 2.77. The van der Waals surface area contributed by atoms with Gasteiger partial charge < -0.3 is 5.32 Å². The molecule has 0 bridgehead atoms. The molecule has 4 atom stereocenters. The van der Waals surface area contributed by atoms with Gasteiger partial charge in [-0.1, -0.05) is 20.3 Å². The molecule has 16 heavy (non-hydrogen) atoms. The molecule has 1 saturated heterocycles. The highest BCUT2D eigenvalue weighted by Gasteiger charge is 2.33. The zero-order chi connectivity index (χ0) is 11.5. The third kappa shape index (κ3) is 2.65. The van der Waals surface area contributed by atoms with Crippen molar-refractivity contribution in [2.24, 2.45) is 17.8 Å². The Hall–Kier alpha value is -0.370. The number of hydrogen-bond donors (Lipinski definition) is 1. The molecular weight excluding hydrogens is 198 g/mol. The first-order valence-corrected chi connectivity index (χ1v) is 6.95. The van der Waals surface area contributed by atoms with Crippen LogP contribution in [0.2, 0.25) is 0 Å². The molecule has 2 fully saturated rings. The molecule has 0 aromatic carbocycles. The van der Waals surface area contributed by atoms with Crippen molar-refractivity contribution in [3.05, 3.63) is 0 Å². The maximum Gasteiger partial charge on any atom is 0.152 e. The molecule has 2 aliphatic rings. The lowest BCUT2D eigenvalue weighted by molar-refractivity contribution is -0.127. The third-order valence-corrected chi connectivity index (χ3v) is 4.65. The Balaban J connectivity index is 1.89. The van der Waals surface area contributed by atoms with E-state index in [4.69, 9.17) is 0 Å². The van der Waals surface area contributed by atoms with Crippen LogP contribution in [0.3, 0.4) is 0 Å². The first kappa shape index (κ1) is 12.1. The zero-order valence-electron chi connectivity index (χ0n) is 10.7. The van der Waals surface area contributed by atoms with Crippen LogP contribution in [0.1, 0.15) is 52.4 Å². The minimum Gasteiger partial charge on any atom is -0.307 e. The van der Waals surface area contributed by atoms with Crippen molar-refractivity contribution >= 4 is 5.78 Å². The molecule has 92 valence electrons. The average molecular weight is 223 g/mol. The third-order valence-electron chi connectivity index (χ3n) is 4.65. The topological polar surface area (TPSA) is 29.1 Å². The van der Waals surface area contributed by atoms with Gasteiger partial charge in [-0.2, -0.15) is 0 Å². The van der Waals surface area contributed by atoms with E-state index >= 15 is 0 Å². The molecule has 0 radical (unpaired) electrons. The van der Waals surface area contributed by atoms with Gasteiger partial charge in [0.2, 0.25) is 0 Å². The second-order valence-electron chi connectivity index (χ2n) is 5.87. The van der Waals surface area contributed by atoms with E-state index in [1.165, 1.54) is 19.3 Å². The van der Waals surface area contributed by atoms with Gasteiger partial charge in [0.05, 0.1) is 6.04 Å². The van der Waals surface area contributed by atoms with Gasteiger partial charge >= 0.3 is 0 Å². The minimum atomic E-state index is 0.180. The van der Waals surface area contributed by atoms with Crippen LogP contribution in [0, 0.1) is 17.8 Å². The fourth-order valence-corrected chi connectivity index (χ4v) is 3.19. The molecule has 0 amide bonds. The summed E-state index contributed by atoms with van der Waals surface area (Å²) in [5.41, 5.74) is 0. The Labute approximate surface area is 99.2 Å². The van der Waals surface area contributed by atoms with Gasteiger partial charge in [0, 0.05) is 5.92 Å². The van der Waals surface area contributed by atoms with Crippen LogP contribution in [0.15, 0.2) is 0 Å². The smallest absolute Gasteiger partial charge is 0.152 e. The number of hydrogen-bond acceptors (Lipinski definition) is 2. The van der Waals surface area contributed by atoms with E-state index in [-0.39, 0.29) is 6.04 Å². The molecule has 2 heteroatoms. The lowest BCUT2D eigenvalue weighted by Gasteiger charge is -2.34. The lowest BCUT2D eigenvalue weighted by atomic mass is 9.73. The van der Waals surface area contributed by atoms with Crippen LogP contribution in [0.5, 0.6) is 0 Å². The highest BCUT2D eigenvalue weighted by Crippen LogP contribution is 2.34. The van der Waals surface area contributed by atoms with E-state index < -0.39 is 0 Å². The molecule has 1 N–H and O–H groups in total. The van der Waals surface area contributed by atoms with E-state index in [2.05, 4.69) is 19.2 Å². The second-order valence-corrected chi connectivity index (χ2v) is 5.87. The summed E-state index contributed by atoms with van der Waals surface area (Å²) in [6, 6.07) is 0.180. The standard InChI is InChI=1S/C14H25NO/c1-10-6-7-12(9-11(10)2)14(16)13-5-3-4-8-15-13/h10-13,15H,3-9H2,1-2H3. The molecule has 1 aliphatic carbocycles. The second kappa shape index (κ2) is 5.31. The van der Waals surface area contributed by atoms with Crippen LogP contribution >= 0.6 is 0 Å². The molecule has 2 rings (SSSR count). The van der Waals surface area contributed by atoms with Crippen molar-refractivity contribution in [1.82, 2.24) is 5.32 Å². The fraction of sp³-hybridized carbons (Fsp3) is 0.929. The molecule has 0 aromatic rings. The predicted molar refractivity (Wildman–Crippen MR) is 66.3 cm³/mol. The van der Waals surface area contributed by atoms with Gasteiger partial charge in [0.15, 0.2) is 5.78 Å². The molecular formula is C14H25NO. The van der Waals surface area contributed by atoms with Crippen molar-refractivity contribution in [2.45, 2.75) is 58.4 Å². The summed E-state index contributed by atoms with van der Waals surface area (Å²) in [5.74, 6) is 2.40. The summed E-state index contributed by atoms with van der Waals surface area (Å²) in [7, 11) is 0. The Morgan fingerprint density at radius 1 is 1.06 bits per heavy atom. The van der Waals surface area contributed by atoms with Crippen molar-refractivity contribution in [1.29, 1.82) is 0 Å². The molecule has 0 aromatic heterocycles. The van der Waals surface area contributed by atoms with Crippen LogP contribution in [0.4, 0.5) is 0 Å². The quantitative estimate of drug-likeness (QED) is 0.780. The summed E-state index contributed by atoms with van der Waals surface area (Å²) in [6.07, 6.45) is 7.02. The van der Waals surface area contributed by atoms with E-state index in [0.717, 1.165) is 37.6 Å². The number of nitrogens with one attached hydrogen (secondary N) is 1. The first-order valence-electron chi connectivity index (χ1n) is 6.95. The highest BCUT2D eigenvalue weighted by molar-refractivity contribution is 5.86. The van der Waals surface area contributed by atoms with Crippen molar-refractivity contribution in [3.63, 3.8) is 0 Å².